The van der Waals surface area contributed by atoms with Crippen LogP contribution in [-0.2, 0) is 9.53 Å². The number of carbonyl (C=O) groups is 1. The average molecular weight is 351 g/mol. The maximum absolute atomic E-state index is 10.5. The molecule has 0 saturated carbocycles. The van der Waals surface area contributed by atoms with Gasteiger partial charge in [0.1, 0.15) is 5.75 Å². The molecule has 6 nitrogen and oxygen atoms in total. The van der Waals surface area contributed by atoms with Crippen LogP contribution in [0.15, 0.2) is 18.2 Å². The number of anilines is 1. The summed E-state index contributed by atoms with van der Waals surface area (Å²) < 4.78 is 5.47. The number of aliphatic hydroxyl groups excluding tert-OH is 1. The van der Waals surface area contributed by atoms with E-state index in [0.29, 0.717) is 24.2 Å². The van der Waals surface area contributed by atoms with Crippen molar-refractivity contribution in [1.82, 2.24) is 5.32 Å². The molecule has 1 atom stereocenters. The third-order valence-electron chi connectivity index (χ3n) is 3.87. The highest BCUT2D eigenvalue weighted by molar-refractivity contribution is 5.75. The van der Waals surface area contributed by atoms with Gasteiger partial charge in [0.25, 0.3) is 0 Å². The number of rotatable bonds is 15. The smallest absolute Gasteiger partial charge is 0.211 e. The maximum Gasteiger partial charge on any atom is 0.211 e. The summed E-state index contributed by atoms with van der Waals surface area (Å²) in [6.45, 7) is 4.95. The van der Waals surface area contributed by atoms with Crippen LogP contribution in [-0.4, -0.2) is 42.9 Å². The van der Waals surface area contributed by atoms with Crippen molar-refractivity contribution in [2.75, 3.05) is 31.6 Å². The Hall–Kier alpha value is -1.63. The summed E-state index contributed by atoms with van der Waals surface area (Å²) in [5.41, 5.74) is 0.945. The number of benzene rings is 1. The van der Waals surface area contributed by atoms with Gasteiger partial charge in [0.15, 0.2) is 0 Å². The molecule has 0 saturated heterocycles. The summed E-state index contributed by atoms with van der Waals surface area (Å²) in [7, 11) is 0. The first-order valence-electron chi connectivity index (χ1n) is 9.00. The van der Waals surface area contributed by atoms with E-state index in [9.17, 15) is 15.0 Å². The number of ether oxygens (including phenoxy) is 1. The van der Waals surface area contributed by atoms with E-state index < -0.39 is 6.10 Å². The lowest BCUT2D eigenvalue weighted by molar-refractivity contribution is -0.105. The van der Waals surface area contributed by atoms with Crippen molar-refractivity contribution in [3.63, 3.8) is 0 Å². The van der Waals surface area contributed by atoms with E-state index in [2.05, 4.69) is 24.0 Å². The minimum Gasteiger partial charge on any atom is -0.506 e. The van der Waals surface area contributed by atoms with Crippen LogP contribution in [0, 0.1) is 6.42 Å². The topological polar surface area (TPSA) is 90.8 Å². The van der Waals surface area contributed by atoms with Crippen molar-refractivity contribution in [1.29, 1.82) is 0 Å². The Morgan fingerprint density at radius 2 is 2.04 bits per heavy atom. The van der Waals surface area contributed by atoms with Crippen molar-refractivity contribution in [2.24, 2.45) is 0 Å². The number of amides is 1. The van der Waals surface area contributed by atoms with Crippen LogP contribution >= 0.6 is 0 Å². The second-order valence-corrected chi connectivity index (χ2v) is 5.94. The Morgan fingerprint density at radius 3 is 2.80 bits per heavy atom. The summed E-state index contributed by atoms with van der Waals surface area (Å²) in [6, 6.07) is 4.68. The molecule has 1 amide bonds. The predicted octanol–water partition coefficient (Wildman–Crippen LogP) is 2.77. The molecule has 6 heteroatoms. The maximum atomic E-state index is 10.5. The zero-order chi connectivity index (χ0) is 18.3. The van der Waals surface area contributed by atoms with Gasteiger partial charge in [-0.15, -0.1) is 0 Å². The highest BCUT2D eigenvalue weighted by Crippen LogP contribution is 2.26. The zero-order valence-corrected chi connectivity index (χ0v) is 15.0. The Bertz CT molecular complexity index is 482. The fraction of sp³-hybridized carbons (Fsp3) is 0.579. The zero-order valence-electron chi connectivity index (χ0n) is 15.0. The highest BCUT2D eigenvalue weighted by atomic mass is 16.5. The van der Waals surface area contributed by atoms with Gasteiger partial charge in [-0.05, 0) is 43.5 Å². The van der Waals surface area contributed by atoms with E-state index in [1.807, 2.05) is 0 Å². The normalized spacial score (nSPS) is 12.1. The van der Waals surface area contributed by atoms with E-state index in [1.165, 1.54) is 6.07 Å². The number of phenols is 1. The van der Waals surface area contributed by atoms with Gasteiger partial charge in [0, 0.05) is 19.8 Å². The van der Waals surface area contributed by atoms with Crippen LogP contribution in [0.3, 0.4) is 0 Å². The number of aromatic hydroxyl groups is 1. The van der Waals surface area contributed by atoms with Crippen molar-refractivity contribution in [2.45, 2.75) is 45.1 Å². The van der Waals surface area contributed by atoms with Crippen molar-refractivity contribution < 1.29 is 19.7 Å². The number of carbonyl (C=O) groups excluding carboxylic acids is 1. The van der Waals surface area contributed by atoms with Crippen LogP contribution in [0.5, 0.6) is 5.75 Å². The molecule has 0 aromatic heterocycles. The molecule has 0 bridgehead atoms. The fourth-order valence-electron chi connectivity index (χ4n) is 2.39. The van der Waals surface area contributed by atoms with Crippen LogP contribution in [0.1, 0.15) is 50.7 Å². The SMILES string of the molecule is CC[CH]COCCCCCCNC[C@@H](O)c1ccc(O)c(NC=O)c1. The van der Waals surface area contributed by atoms with Gasteiger partial charge in [-0.2, -0.15) is 0 Å². The third-order valence-corrected chi connectivity index (χ3v) is 3.87. The minimum absolute atomic E-state index is 0.0208. The molecule has 0 fully saturated rings. The fourth-order valence-corrected chi connectivity index (χ4v) is 2.39. The van der Waals surface area contributed by atoms with E-state index in [-0.39, 0.29) is 5.75 Å². The molecule has 0 heterocycles. The molecule has 25 heavy (non-hydrogen) atoms. The lowest BCUT2D eigenvalue weighted by Gasteiger charge is -2.14. The Labute approximate surface area is 150 Å². The summed E-state index contributed by atoms with van der Waals surface area (Å²) in [5, 5.41) is 25.4. The van der Waals surface area contributed by atoms with E-state index >= 15 is 0 Å². The van der Waals surface area contributed by atoms with Gasteiger partial charge in [0.2, 0.25) is 6.41 Å². The highest BCUT2D eigenvalue weighted by Gasteiger charge is 2.10. The van der Waals surface area contributed by atoms with Crippen LogP contribution in [0.4, 0.5) is 5.69 Å². The van der Waals surface area contributed by atoms with Gasteiger partial charge in [-0.1, -0.05) is 32.3 Å². The lowest BCUT2D eigenvalue weighted by atomic mass is 10.1. The number of aliphatic hydroxyl groups is 1. The van der Waals surface area contributed by atoms with Crippen LogP contribution in [0.25, 0.3) is 0 Å². The molecular weight excluding hydrogens is 320 g/mol. The first-order chi connectivity index (χ1) is 12.2. The minimum atomic E-state index is -0.684. The van der Waals surface area contributed by atoms with Crippen molar-refractivity contribution in [3.8, 4) is 5.75 Å². The summed E-state index contributed by atoms with van der Waals surface area (Å²) >= 11 is 0. The molecule has 0 aliphatic carbocycles. The summed E-state index contributed by atoms with van der Waals surface area (Å²) in [4.78, 5) is 10.5. The van der Waals surface area contributed by atoms with Crippen molar-refractivity contribution >= 4 is 12.1 Å². The van der Waals surface area contributed by atoms with Gasteiger partial charge < -0.3 is 25.6 Å². The average Bonchev–Trinajstić information content (AvgIpc) is 2.61. The molecule has 4 N–H and O–H groups in total. The van der Waals surface area contributed by atoms with Gasteiger partial charge in [0.05, 0.1) is 11.8 Å². The van der Waals surface area contributed by atoms with Gasteiger partial charge in [-0.3, -0.25) is 4.79 Å². The Balaban J connectivity index is 2.10. The monoisotopic (exact) mass is 351 g/mol. The number of hydrogen-bond donors (Lipinski definition) is 4. The third kappa shape index (κ3) is 9.43. The summed E-state index contributed by atoms with van der Waals surface area (Å²) in [6.07, 6.45) is 7.41. The standard InChI is InChI=1S/C19H31N2O4/c1-2-3-11-25-12-7-5-4-6-10-20-14-19(24)16-8-9-18(23)17(13-16)21-15-22/h3,8-9,13,15,19-20,23-24H,2,4-7,10-12,14H2,1H3,(H,21,22)/t19-/m1/s1. The molecule has 1 rings (SSSR count). The molecule has 1 aromatic carbocycles. The van der Waals surface area contributed by atoms with E-state index in [4.69, 9.17) is 4.74 Å². The van der Waals surface area contributed by atoms with Crippen LogP contribution in [0.2, 0.25) is 0 Å². The summed E-state index contributed by atoms with van der Waals surface area (Å²) in [5.74, 6) is -0.0208. The predicted molar refractivity (Wildman–Crippen MR) is 99.5 cm³/mol. The first kappa shape index (κ1) is 21.4. The molecular formula is C19H31N2O4. The van der Waals surface area contributed by atoms with Crippen molar-refractivity contribution in [3.05, 3.63) is 30.2 Å². The number of nitrogens with one attached hydrogen (secondary N) is 2. The van der Waals surface area contributed by atoms with E-state index in [0.717, 1.165) is 51.9 Å². The Morgan fingerprint density at radius 1 is 1.24 bits per heavy atom. The number of hydrogen-bond acceptors (Lipinski definition) is 5. The first-order valence-corrected chi connectivity index (χ1v) is 9.00. The van der Waals surface area contributed by atoms with Gasteiger partial charge in [-0.25, -0.2) is 0 Å². The second-order valence-electron chi connectivity index (χ2n) is 5.94. The number of unbranched alkanes of at least 4 members (excludes halogenated alkanes) is 4. The van der Waals surface area contributed by atoms with E-state index in [1.54, 1.807) is 12.1 Å². The molecule has 1 radical (unpaired) electrons. The Kier molecular flexibility index (Phi) is 11.7. The van der Waals surface area contributed by atoms with Crippen LogP contribution < -0.4 is 10.6 Å². The molecule has 0 spiro atoms. The lowest BCUT2D eigenvalue weighted by Crippen LogP contribution is -2.22. The molecule has 0 aliphatic heterocycles. The number of phenolic OH excluding ortho intramolecular Hbond substituents is 1. The molecule has 1 aromatic rings. The molecule has 141 valence electrons. The molecule has 0 aliphatic rings. The quantitative estimate of drug-likeness (QED) is 0.222. The second kappa shape index (κ2) is 13.6. The molecule has 0 unspecified atom stereocenters. The van der Waals surface area contributed by atoms with Gasteiger partial charge >= 0.3 is 0 Å². The largest absolute Gasteiger partial charge is 0.506 e.